The number of hydrogen-bond acceptors (Lipinski definition) is 5. The Bertz CT molecular complexity index is 665. The first-order valence-corrected chi connectivity index (χ1v) is 8.22. The van der Waals surface area contributed by atoms with E-state index in [9.17, 15) is 4.79 Å². The number of piperazine rings is 1. The standard InChI is InChI=1S/C17H23N5O2/c1-13-11-16(20-24-13)12-21-7-9-22(10-8-21)17(23)19-14(2)15-3-5-18-6-4-15/h3-6,11,14H,7-10,12H2,1-2H3,(H,19,23). The van der Waals surface area contributed by atoms with E-state index >= 15 is 0 Å². The quantitative estimate of drug-likeness (QED) is 0.928. The topological polar surface area (TPSA) is 74.5 Å². The lowest BCUT2D eigenvalue weighted by Gasteiger charge is -2.34. The second kappa shape index (κ2) is 7.44. The summed E-state index contributed by atoms with van der Waals surface area (Å²) in [6.45, 7) is 7.74. The SMILES string of the molecule is Cc1cc(CN2CCN(C(=O)NC(C)c3ccncc3)CC2)no1. The Balaban J connectivity index is 1.46. The Morgan fingerprint density at radius 2 is 2.00 bits per heavy atom. The predicted molar refractivity (Wildman–Crippen MR) is 89.3 cm³/mol. The summed E-state index contributed by atoms with van der Waals surface area (Å²) in [6.07, 6.45) is 3.48. The van der Waals surface area contributed by atoms with Gasteiger partial charge in [0.15, 0.2) is 0 Å². The highest BCUT2D eigenvalue weighted by atomic mass is 16.5. The van der Waals surface area contributed by atoms with Gasteiger partial charge in [-0.3, -0.25) is 9.88 Å². The number of nitrogens with one attached hydrogen (secondary N) is 1. The molecule has 24 heavy (non-hydrogen) atoms. The molecule has 3 heterocycles. The fraction of sp³-hybridized carbons (Fsp3) is 0.471. The normalized spacial score (nSPS) is 16.8. The average molecular weight is 329 g/mol. The Morgan fingerprint density at radius 3 is 2.62 bits per heavy atom. The van der Waals surface area contributed by atoms with Crippen LogP contribution in [-0.4, -0.2) is 52.2 Å². The first kappa shape index (κ1) is 16.4. The molecule has 7 nitrogen and oxygen atoms in total. The molecule has 0 spiro atoms. The van der Waals surface area contributed by atoms with Crippen molar-refractivity contribution in [2.24, 2.45) is 0 Å². The number of pyridine rings is 1. The maximum absolute atomic E-state index is 12.4. The summed E-state index contributed by atoms with van der Waals surface area (Å²) in [7, 11) is 0. The first-order valence-electron chi connectivity index (χ1n) is 8.22. The van der Waals surface area contributed by atoms with Crippen molar-refractivity contribution in [3.63, 3.8) is 0 Å². The van der Waals surface area contributed by atoms with Crippen LogP contribution < -0.4 is 5.32 Å². The van der Waals surface area contributed by atoms with Crippen LogP contribution >= 0.6 is 0 Å². The van der Waals surface area contributed by atoms with Crippen molar-refractivity contribution in [1.82, 2.24) is 25.3 Å². The van der Waals surface area contributed by atoms with E-state index < -0.39 is 0 Å². The van der Waals surface area contributed by atoms with Gasteiger partial charge in [0.1, 0.15) is 5.76 Å². The fourth-order valence-corrected chi connectivity index (χ4v) is 2.84. The van der Waals surface area contributed by atoms with Gasteiger partial charge in [-0.05, 0) is 31.5 Å². The van der Waals surface area contributed by atoms with Crippen LogP contribution in [0.25, 0.3) is 0 Å². The number of aromatic nitrogens is 2. The van der Waals surface area contributed by atoms with Gasteiger partial charge < -0.3 is 14.7 Å². The minimum atomic E-state index is -0.0309. The summed E-state index contributed by atoms with van der Waals surface area (Å²) in [5, 5.41) is 7.07. The van der Waals surface area contributed by atoms with Crippen LogP contribution in [-0.2, 0) is 6.54 Å². The van der Waals surface area contributed by atoms with E-state index in [1.807, 2.05) is 36.9 Å². The fourth-order valence-electron chi connectivity index (χ4n) is 2.84. The summed E-state index contributed by atoms with van der Waals surface area (Å²) in [5.41, 5.74) is 2.00. The van der Waals surface area contributed by atoms with E-state index in [2.05, 4.69) is 20.4 Å². The molecule has 7 heteroatoms. The molecule has 1 atom stereocenters. The number of carbonyl (C=O) groups is 1. The Hall–Kier alpha value is -2.41. The van der Waals surface area contributed by atoms with E-state index in [4.69, 9.17) is 4.52 Å². The summed E-state index contributed by atoms with van der Waals surface area (Å²) in [6, 6.07) is 5.74. The molecule has 0 aromatic carbocycles. The number of nitrogens with zero attached hydrogens (tertiary/aromatic N) is 4. The molecular weight excluding hydrogens is 306 g/mol. The highest BCUT2D eigenvalue weighted by Crippen LogP contribution is 2.13. The van der Waals surface area contributed by atoms with E-state index in [1.165, 1.54) is 0 Å². The van der Waals surface area contributed by atoms with Gasteiger partial charge >= 0.3 is 6.03 Å². The van der Waals surface area contributed by atoms with Crippen molar-refractivity contribution in [1.29, 1.82) is 0 Å². The van der Waals surface area contributed by atoms with Gasteiger partial charge in [-0.1, -0.05) is 5.16 Å². The van der Waals surface area contributed by atoms with Crippen molar-refractivity contribution >= 4 is 6.03 Å². The van der Waals surface area contributed by atoms with Crippen LogP contribution in [0.5, 0.6) is 0 Å². The Kier molecular flexibility index (Phi) is 5.10. The number of hydrogen-bond donors (Lipinski definition) is 1. The van der Waals surface area contributed by atoms with Crippen molar-refractivity contribution in [2.75, 3.05) is 26.2 Å². The summed E-state index contributed by atoms with van der Waals surface area (Å²) in [5.74, 6) is 0.827. The molecule has 0 bridgehead atoms. The molecule has 3 rings (SSSR count). The maximum Gasteiger partial charge on any atom is 0.317 e. The molecule has 1 saturated heterocycles. The molecule has 1 aliphatic heterocycles. The van der Waals surface area contributed by atoms with Crippen LogP contribution in [0.4, 0.5) is 4.79 Å². The van der Waals surface area contributed by atoms with Crippen LogP contribution in [0.1, 0.15) is 30.0 Å². The van der Waals surface area contributed by atoms with Gasteiger partial charge in [0.25, 0.3) is 0 Å². The molecule has 2 aromatic heterocycles. The molecular formula is C17H23N5O2. The Labute approximate surface area is 141 Å². The summed E-state index contributed by atoms with van der Waals surface area (Å²) in [4.78, 5) is 20.6. The second-order valence-electron chi connectivity index (χ2n) is 6.14. The van der Waals surface area contributed by atoms with E-state index in [-0.39, 0.29) is 12.1 Å². The monoisotopic (exact) mass is 329 g/mol. The zero-order valence-electron chi connectivity index (χ0n) is 14.1. The molecule has 0 aliphatic carbocycles. The zero-order valence-corrected chi connectivity index (χ0v) is 14.1. The van der Waals surface area contributed by atoms with Gasteiger partial charge in [0.2, 0.25) is 0 Å². The van der Waals surface area contributed by atoms with Crippen LogP contribution in [0.15, 0.2) is 35.1 Å². The third-order valence-electron chi connectivity index (χ3n) is 4.27. The molecule has 2 amide bonds. The minimum absolute atomic E-state index is 0.0174. The first-order chi connectivity index (χ1) is 11.6. The summed E-state index contributed by atoms with van der Waals surface area (Å²) < 4.78 is 5.10. The smallest absolute Gasteiger partial charge is 0.317 e. The van der Waals surface area contributed by atoms with Crippen molar-refractivity contribution in [3.8, 4) is 0 Å². The highest BCUT2D eigenvalue weighted by Gasteiger charge is 2.22. The number of amides is 2. The van der Waals surface area contributed by atoms with Crippen LogP contribution in [0.3, 0.4) is 0 Å². The maximum atomic E-state index is 12.4. The second-order valence-corrected chi connectivity index (χ2v) is 6.14. The lowest BCUT2D eigenvalue weighted by molar-refractivity contribution is 0.132. The lowest BCUT2D eigenvalue weighted by atomic mass is 10.1. The van der Waals surface area contributed by atoms with Crippen molar-refractivity contribution < 1.29 is 9.32 Å². The summed E-state index contributed by atoms with van der Waals surface area (Å²) >= 11 is 0. The molecule has 128 valence electrons. The molecule has 2 aromatic rings. The third kappa shape index (κ3) is 4.11. The minimum Gasteiger partial charge on any atom is -0.361 e. The Morgan fingerprint density at radius 1 is 1.29 bits per heavy atom. The molecule has 1 fully saturated rings. The average Bonchev–Trinajstić information content (AvgIpc) is 3.01. The van der Waals surface area contributed by atoms with Gasteiger partial charge in [0.05, 0.1) is 11.7 Å². The number of carbonyl (C=O) groups excluding carboxylic acids is 1. The van der Waals surface area contributed by atoms with Gasteiger partial charge in [-0.25, -0.2) is 4.79 Å². The number of aryl methyl sites for hydroxylation is 1. The lowest BCUT2D eigenvalue weighted by Crippen LogP contribution is -2.51. The van der Waals surface area contributed by atoms with E-state index in [0.717, 1.165) is 36.7 Å². The molecule has 1 aliphatic rings. The molecule has 1 N–H and O–H groups in total. The van der Waals surface area contributed by atoms with Crippen molar-refractivity contribution in [3.05, 3.63) is 47.6 Å². The highest BCUT2D eigenvalue weighted by molar-refractivity contribution is 5.74. The number of rotatable bonds is 4. The van der Waals surface area contributed by atoms with Crippen molar-refractivity contribution in [2.45, 2.75) is 26.4 Å². The van der Waals surface area contributed by atoms with Gasteiger partial charge in [-0.2, -0.15) is 0 Å². The largest absolute Gasteiger partial charge is 0.361 e. The zero-order chi connectivity index (χ0) is 16.9. The molecule has 0 saturated carbocycles. The van der Waals surface area contributed by atoms with Gasteiger partial charge in [-0.15, -0.1) is 0 Å². The number of urea groups is 1. The third-order valence-corrected chi connectivity index (χ3v) is 4.27. The van der Waals surface area contributed by atoms with E-state index in [1.54, 1.807) is 12.4 Å². The van der Waals surface area contributed by atoms with Crippen LogP contribution in [0.2, 0.25) is 0 Å². The molecule has 0 radical (unpaired) electrons. The van der Waals surface area contributed by atoms with Crippen LogP contribution in [0, 0.1) is 6.92 Å². The van der Waals surface area contributed by atoms with E-state index in [0.29, 0.717) is 13.1 Å². The molecule has 1 unspecified atom stereocenters. The van der Waals surface area contributed by atoms with Gasteiger partial charge in [0, 0.05) is 51.2 Å². The predicted octanol–water partition coefficient (Wildman–Crippen LogP) is 1.97.